The second kappa shape index (κ2) is 10.3. The fourth-order valence-electron chi connectivity index (χ4n) is 4.46. The van der Waals surface area contributed by atoms with Gasteiger partial charge in [-0.3, -0.25) is 4.72 Å². The van der Waals surface area contributed by atoms with Crippen LogP contribution in [0.3, 0.4) is 0 Å². The lowest BCUT2D eigenvalue weighted by molar-refractivity contribution is 0.126. The number of fused-ring (bicyclic) bond motifs is 1. The minimum absolute atomic E-state index is 0.186. The van der Waals surface area contributed by atoms with E-state index in [2.05, 4.69) is 20.3 Å². The first-order chi connectivity index (χ1) is 17.8. The number of aliphatic hydroxyl groups excluding tert-OH is 1. The van der Waals surface area contributed by atoms with Gasteiger partial charge in [0, 0.05) is 18.3 Å². The third-order valence-corrected chi connectivity index (χ3v) is 7.94. The summed E-state index contributed by atoms with van der Waals surface area (Å²) in [6.45, 7) is 4.64. The molecule has 4 N–H and O–H groups in total. The molecule has 2 heterocycles. The van der Waals surface area contributed by atoms with Crippen molar-refractivity contribution in [1.82, 2.24) is 19.5 Å². The van der Waals surface area contributed by atoms with Crippen LogP contribution in [0.25, 0.3) is 11.2 Å². The molecule has 1 aliphatic carbocycles. The van der Waals surface area contributed by atoms with E-state index in [1.165, 1.54) is 0 Å². The van der Waals surface area contributed by atoms with E-state index >= 15 is 0 Å². The Hall–Kier alpha value is -3.70. The number of imidazole rings is 1. The molecule has 2 aromatic carbocycles. The first-order valence-corrected chi connectivity index (χ1v) is 13.9. The number of anilines is 4. The summed E-state index contributed by atoms with van der Waals surface area (Å²) < 4.78 is 30.3. The van der Waals surface area contributed by atoms with Gasteiger partial charge >= 0.3 is 0 Å². The van der Waals surface area contributed by atoms with Crippen molar-refractivity contribution in [2.24, 2.45) is 0 Å². The molecular formula is C26H31N7O3S. The van der Waals surface area contributed by atoms with Crippen molar-refractivity contribution in [2.45, 2.75) is 63.1 Å². The van der Waals surface area contributed by atoms with Gasteiger partial charge in [-0.1, -0.05) is 23.8 Å². The second-order valence-electron chi connectivity index (χ2n) is 9.37. The molecule has 5 rings (SSSR count). The molecule has 11 heteroatoms. The molecule has 1 saturated carbocycles. The predicted molar refractivity (Wildman–Crippen MR) is 145 cm³/mol. The van der Waals surface area contributed by atoms with Crippen LogP contribution in [-0.2, 0) is 16.6 Å². The van der Waals surface area contributed by atoms with Crippen molar-refractivity contribution in [1.29, 1.82) is 0 Å². The highest BCUT2D eigenvalue weighted by Crippen LogP contribution is 2.28. The van der Waals surface area contributed by atoms with Gasteiger partial charge in [0.25, 0.3) is 10.0 Å². The number of hydrogen-bond acceptors (Lipinski definition) is 8. The molecule has 0 unspecified atom stereocenters. The quantitative estimate of drug-likeness (QED) is 0.268. The van der Waals surface area contributed by atoms with Crippen molar-refractivity contribution < 1.29 is 13.5 Å². The average molecular weight is 522 g/mol. The summed E-state index contributed by atoms with van der Waals surface area (Å²) in [5, 5.41) is 16.5. The highest BCUT2D eigenvalue weighted by atomic mass is 32.2. The number of hydrogen-bond donors (Lipinski definition) is 4. The summed E-state index contributed by atoms with van der Waals surface area (Å²) in [5.74, 6) is 1.01. The first-order valence-electron chi connectivity index (χ1n) is 12.4. The standard InChI is InChI=1S/C26H31N7O3S/c1-3-33-16-27-23-24(30-26(31-25(23)33)29-18-9-11-21(34)12-10-18)28-19-5-4-6-20(15-19)32-37(35,36)22-13-7-17(2)8-14-22/h4-8,13-16,18,21,32,34H,3,9-12H2,1-2H3,(H2,28,29,30,31)/t18-,21-. The molecule has 0 spiro atoms. The minimum Gasteiger partial charge on any atom is -0.393 e. The van der Waals surface area contributed by atoms with E-state index in [9.17, 15) is 13.5 Å². The van der Waals surface area contributed by atoms with Gasteiger partial charge in [-0.25, -0.2) is 13.4 Å². The molecule has 0 atom stereocenters. The molecular weight excluding hydrogens is 490 g/mol. The summed E-state index contributed by atoms with van der Waals surface area (Å²) in [6.07, 6.45) is 4.70. The zero-order valence-corrected chi connectivity index (χ0v) is 21.7. The maximum atomic E-state index is 12.9. The van der Waals surface area contributed by atoms with Crippen molar-refractivity contribution in [2.75, 3.05) is 15.4 Å². The number of nitrogens with zero attached hydrogens (tertiary/aromatic N) is 4. The lowest BCUT2D eigenvalue weighted by Crippen LogP contribution is -2.29. The average Bonchev–Trinajstić information content (AvgIpc) is 3.29. The van der Waals surface area contributed by atoms with Crippen LogP contribution in [0.4, 0.5) is 23.1 Å². The Bertz CT molecular complexity index is 1490. The van der Waals surface area contributed by atoms with Gasteiger partial charge in [-0.2, -0.15) is 9.97 Å². The van der Waals surface area contributed by atoms with E-state index in [0.717, 1.165) is 31.2 Å². The minimum atomic E-state index is -3.73. The Kier molecular flexibility index (Phi) is 6.98. The monoisotopic (exact) mass is 521 g/mol. The third-order valence-electron chi connectivity index (χ3n) is 6.54. The van der Waals surface area contributed by atoms with E-state index in [-0.39, 0.29) is 17.0 Å². The first kappa shape index (κ1) is 25.0. The van der Waals surface area contributed by atoms with Gasteiger partial charge in [-0.05, 0) is 69.9 Å². The molecule has 0 bridgehead atoms. The lowest BCUT2D eigenvalue weighted by Gasteiger charge is -2.26. The topological polar surface area (TPSA) is 134 Å². The Labute approximate surface area is 216 Å². The van der Waals surface area contributed by atoms with Gasteiger partial charge in [0.05, 0.1) is 23.0 Å². The van der Waals surface area contributed by atoms with E-state index in [1.54, 1.807) is 48.8 Å². The van der Waals surface area contributed by atoms with Crippen molar-refractivity contribution >= 4 is 44.3 Å². The van der Waals surface area contributed by atoms with Crippen LogP contribution < -0.4 is 15.4 Å². The fraction of sp³-hybridized carbons (Fsp3) is 0.346. The number of aromatic nitrogens is 4. The molecule has 2 aromatic heterocycles. The molecule has 1 aliphatic rings. The van der Waals surface area contributed by atoms with Gasteiger partial charge < -0.3 is 20.3 Å². The summed E-state index contributed by atoms with van der Waals surface area (Å²) in [5.41, 5.74) is 3.39. The summed E-state index contributed by atoms with van der Waals surface area (Å²) >= 11 is 0. The summed E-state index contributed by atoms with van der Waals surface area (Å²) in [7, 11) is -3.73. The Morgan fingerprint density at radius 2 is 1.76 bits per heavy atom. The Morgan fingerprint density at radius 1 is 1.03 bits per heavy atom. The summed E-state index contributed by atoms with van der Waals surface area (Å²) in [6, 6.07) is 13.9. The van der Waals surface area contributed by atoms with Gasteiger partial charge in [0.2, 0.25) is 5.95 Å². The fourth-order valence-corrected chi connectivity index (χ4v) is 5.51. The molecule has 194 valence electrons. The molecule has 0 aliphatic heterocycles. The number of aliphatic hydroxyl groups is 1. The predicted octanol–water partition coefficient (Wildman–Crippen LogP) is 4.41. The van der Waals surface area contributed by atoms with Crippen LogP contribution in [0.2, 0.25) is 0 Å². The Balaban J connectivity index is 1.41. The van der Waals surface area contributed by atoms with Gasteiger partial charge in [0.1, 0.15) is 0 Å². The SMILES string of the molecule is CCn1cnc2c(Nc3cccc(NS(=O)(=O)c4ccc(C)cc4)c3)nc(N[C@H]3CC[C@H](O)CC3)nc21. The largest absolute Gasteiger partial charge is 0.393 e. The molecule has 4 aromatic rings. The molecule has 0 radical (unpaired) electrons. The second-order valence-corrected chi connectivity index (χ2v) is 11.1. The number of benzene rings is 2. The summed E-state index contributed by atoms with van der Waals surface area (Å²) in [4.78, 5) is 14.1. The molecule has 0 saturated heterocycles. The van der Waals surface area contributed by atoms with Crippen LogP contribution in [-0.4, -0.2) is 45.2 Å². The Morgan fingerprint density at radius 3 is 2.49 bits per heavy atom. The number of rotatable bonds is 8. The van der Waals surface area contributed by atoms with Crippen LogP contribution in [0, 0.1) is 6.92 Å². The maximum Gasteiger partial charge on any atom is 0.261 e. The molecule has 10 nitrogen and oxygen atoms in total. The smallest absolute Gasteiger partial charge is 0.261 e. The third kappa shape index (κ3) is 5.67. The van der Waals surface area contributed by atoms with Crippen LogP contribution >= 0.6 is 0 Å². The van der Waals surface area contributed by atoms with E-state index in [0.29, 0.717) is 40.8 Å². The van der Waals surface area contributed by atoms with E-state index in [4.69, 9.17) is 9.97 Å². The molecule has 0 amide bonds. The van der Waals surface area contributed by atoms with Gasteiger partial charge in [0.15, 0.2) is 17.0 Å². The van der Waals surface area contributed by atoms with Crippen molar-refractivity contribution in [3.63, 3.8) is 0 Å². The number of nitrogens with one attached hydrogen (secondary N) is 3. The van der Waals surface area contributed by atoms with Crippen molar-refractivity contribution in [3.8, 4) is 0 Å². The maximum absolute atomic E-state index is 12.9. The van der Waals surface area contributed by atoms with E-state index in [1.807, 2.05) is 24.5 Å². The zero-order chi connectivity index (χ0) is 26.0. The highest BCUT2D eigenvalue weighted by Gasteiger charge is 2.21. The van der Waals surface area contributed by atoms with E-state index < -0.39 is 10.0 Å². The van der Waals surface area contributed by atoms with Crippen LogP contribution in [0.15, 0.2) is 59.8 Å². The van der Waals surface area contributed by atoms with Gasteiger partial charge in [-0.15, -0.1) is 0 Å². The lowest BCUT2D eigenvalue weighted by atomic mass is 9.93. The van der Waals surface area contributed by atoms with Crippen molar-refractivity contribution in [3.05, 3.63) is 60.4 Å². The zero-order valence-electron chi connectivity index (χ0n) is 20.8. The normalized spacial score (nSPS) is 18.0. The highest BCUT2D eigenvalue weighted by molar-refractivity contribution is 7.92. The number of aryl methyl sites for hydroxylation is 2. The molecule has 1 fully saturated rings. The van der Waals surface area contributed by atoms with Crippen LogP contribution in [0.5, 0.6) is 0 Å². The number of sulfonamides is 1. The molecule has 37 heavy (non-hydrogen) atoms. The van der Waals surface area contributed by atoms with Crippen LogP contribution in [0.1, 0.15) is 38.2 Å².